The Morgan fingerprint density at radius 3 is 2.31 bits per heavy atom. The fourth-order valence-electron chi connectivity index (χ4n) is 0.797. The third-order valence-corrected chi connectivity index (χ3v) is 1.36. The number of aliphatic carboxylic acids is 1. The van der Waals surface area contributed by atoms with Crippen LogP contribution in [0.3, 0.4) is 0 Å². The molecule has 13 heavy (non-hydrogen) atoms. The number of carboxylic acids is 1. The van der Waals surface area contributed by atoms with Crippen molar-refractivity contribution in [2.45, 2.75) is 26.2 Å². The molecule has 78 valence electrons. The lowest BCUT2D eigenvalue weighted by Gasteiger charge is -2.26. The van der Waals surface area contributed by atoms with Gasteiger partial charge >= 0.3 is 11.9 Å². The van der Waals surface area contributed by atoms with E-state index in [1.54, 1.807) is 6.92 Å². The van der Waals surface area contributed by atoms with Gasteiger partial charge in [0.25, 0.3) is 0 Å². The van der Waals surface area contributed by atoms with Crippen molar-refractivity contribution in [1.82, 2.24) is 0 Å². The van der Waals surface area contributed by atoms with Crippen LogP contribution in [0.5, 0.6) is 0 Å². The van der Waals surface area contributed by atoms with Crippen molar-refractivity contribution in [3.63, 3.8) is 0 Å². The van der Waals surface area contributed by atoms with Crippen LogP contribution in [0.4, 0.5) is 0 Å². The molecule has 0 aliphatic carbocycles. The molecule has 1 N–H and O–H groups in total. The molecule has 0 saturated heterocycles. The average Bonchev–Trinajstić information content (AvgIpc) is 2.12. The third kappa shape index (κ3) is 3.30. The summed E-state index contributed by atoms with van der Waals surface area (Å²) in [5, 5.41) is 8.81. The van der Waals surface area contributed by atoms with E-state index >= 15 is 0 Å². The minimum absolute atomic E-state index is 0.212. The van der Waals surface area contributed by atoms with Gasteiger partial charge in [-0.2, -0.15) is 0 Å². The van der Waals surface area contributed by atoms with E-state index in [-0.39, 0.29) is 13.2 Å². The summed E-state index contributed by atoms with van der Waals surface area (Å²) in [6.45, 7) is 4.03. The molecule has 0 aliphatic heterocycles. The molecule has 0 fully saturated rings. The fourth-order valence-corrected chi connectivity index (χ4v) is 0.797. The van der Waals surface area contributed by atoms with E-state index in [2.05, 4.69) is 0 Å². The minimum Gasteiger partial charge on any atom is -0.475 e. The summed E-state index contributed by atoms with van der Waals surface area (Å²) < 4.78 is 14.6. The van der Waals surface area contributed by atoms with E-state index in [0.29, 0.717) is 6.42 Å². The quantitative estimate of drug-likeness (QED) is 0.605. The van der Waals surface area contributed by atoms with Crippen molar-refractivity contribution in [3.8, 4) is 0 Å². The van der Waals surface area contributed by atoms with E-state index in [1.165, 1.54) is 7.11 Å². The maximum absolute atomic E-state index is 10.8. The van der Waals surface area contributed by atoms with Crippen LogP contribution >= 0.6 is 0 Å². The molecular weight excluding hydrogens is 176 g/mol. The Balaban J connectivity index is 4.35. The number of carboxylic acid groups (broad SMARTS) is 1. The molecular formula is C8H16O5. The van der Waals surface area contributed by atoms with Gasteiger partial charge in [-0.3, -0.25) is 0 Å². The summed E-state index contributed by atoms with van der Waals surface area (Å²) in [5.74, 6) is -3.21. The Kier molecular flexibility index (Phi) is 5.61. The van der Waals surface area contributed by atoms with Crippen molar-refractivity contribution in [1.29, 1.82) is 0 Å². The van der Waals surface area contributed by atoms with Crippen LogP contribution in [0.15, 0.2) is 0 Å². The van der Waals surface area contributed by atoms with Gasteiger partial charge in [-0.1, -0.05) is 6.92 Å². The Labute approximate surface area is 77.6 Å². The first kappa shape index (κ1) is 12.3. The number of carbonyl (C=O) groups is 1. The fraction of sp³-hybridized carbons (Fsp3) is 0.875. The van der Waals surface area contributed by atoms with Crippen LogP contribution in [0.1, 0.15) is 20.3 Å². The third-order valence-electron chi connectivity index (χ3n) is 1.36. The van der Waals surface area contributed by atoms with Crippen LogP contribution in [-0.4, -0.2) is 37.4 Å². The number of methoxy groups -OCH3 is 1. The molecule has 5 heteroatoms. The molecule has 0 heterocycles. The second-order valence-corrected chi connectivity index (χ2v) is 2.35. The Hall–Kier alpha value is -0.650. The van der Waals surface area contributed by atoms with Crippen LogP contribution < -0.4 is 0 Å². The average molecular weight is 192 g/mol. The first-order chi connectivity index (χ1) is 6.13. The zero-order chi connectivity index (χ0) is 10.3. The molecule has 0 rings (SSSR count). The van der Waals surface area contributed by atoms with Crippen molar-refractivity contribution >= 4 is 5.97 Å². The zero-order valence-electron chi connectivity index (χ0n) is 8.20. The first-order valence-electron chi connectivity index (χ1n) is 4.19. The van der Waals surface area contributed by atoms with Crippen LogP contribution in [0.2, 0.25) is 0 Å². The Morgan fingerprint density at radius 2 is 2.00 bits per heavy atom. The van der Waals surface area contributed by atoms with E-state index < -0.39 is 11.9 Å². The number of hydrogen-bond acceptors (Lipinski definition) is 4. The van der Waals surface area contributed by atoms with Crippen LogP contribution in [0.25, 0.3) is 0 Å². The van der Waals surface area contributed by atoms with Crippen molar-refractivity contribution in [2.24, 2.45) is 0 Å². The second-order valence-electron chi connectivity index (χ2n) is 2.35. The number of ether oxygens (including phenoxy) is 3. The highest BCUT2D eigenvalue weighted by Crippen LogP contribution is 2.14. The number of hydrogen-bond donors (Lipinski definition) is 1. The van der Waals surface area contributed by atoms with E-state index in [9.17, 15) is 4.79 Å². The maximum Gasteiger partial charge on any atom is 0.395 e. The summed E-state index contributed by atoms with van der Waals surface area (Å²) in [6.07, 6.45) is 0.700. The summed E-state index contributed by atoms with van der Waals surface area (Å²) in [5.41, 5.74) is 0. The van der Waals surface area contributed by atoms with Crippen LogP contribution in [-0.2, 0) is 19.0 Å². The first-order valence-corrected chi connectivity index (χ1v) is 4.19. The smallest absolute Gasteiger partial charge is 0.395 e. The molecule has 0 saturated carbocycles. The predicted molar refractivity (Wildman–Crippen MR) is 45.2 cm³/mol. The van der Waals surface area contributed by atoms with Crippen LogP contribution in [0, 0.1) is 0 Å². The van der Waals surface area contributed by atoms with Gasteiger partial charge in [0, 0.05) is 7.11 Å². The predicted octanol–water partition coefficient (Wildman–Crippen LogP) is 0.834. The molecule has 0 aliphatic rings. The van der Waals surface area contributed by atoms with Crippen molar-refractivity contribution in [3.05, 3.63) is 0 Å². The van der Waals surface area contributed by atoms with Gasteiger partial charge in [0.1, 0.15) is 0 Å². The molecule has 0 radical (unpaired) electrons. The van der Waals surface area contributed by atoms with E-state index in [0.717, 1.165) is 0 Å². The summed E-state index contributed by atoms with van der Waals surface area (Å²) in [6, 6.07) is 0. The summed E-state index contributed by atoms with van der Waals surface area (Å²) >= 11 is 0. The standard InChI is InChI=1S/C8H16O5/c1-4-6-13-8(11-3,7(9)10)12-5-2/h4-6H2,1-3H3,(H,9,10). The molecule has 0 aromatic carbocycles. The largest absolute Gasteiger partial charge is 0.475 e. The number of rotatable bonds is 7. The highest BCUT2D eigenvalue weighted by Gasteiger charge is 2.41. The highest BCUT2D eigenvalue weighted by molar-refractivity contribution is 5.73. The second kappa shape index (κ2) is 5.90. The zero-order valence-corrected chi connectivity index (χ0v) is 8.20. The lowest BCUT2D eigenvalue weighted by molar-refractivity contribution is -0.352. The van der Waals surface area contributed by atoms with Gasteiger partial charge in [0.2, 0.25) is 0 Å². The SMILES string of the molecule is CCCOC(OC)(OCC)C(=O)O. The van der Waals surface area contributed by atoms with Gasteiger partial charge in [-0.05, 0) is 13.3 Å². The molecule has 0 spiro atoms. The Morgan fingerprint density at radius 1 is 1.38 bits per heavy atom. The van der Waals surface area contributed by atoms with Gasteiger partial charge in [-0.25, -0.2) is 4.79 Å². The van der Waals surface area contributed by atoms with Crippen molar-refractivity contribution in [2.75, 3.05) is 20.3 Å². The molecule has 0 aromatic heterocycles. The lowest BCUT2D eigenvalue weighted by atomic mass is 10.5. The molecule has 1 unspecified atom stereocenters. The molecule has 0 bridgehead atoms. The topological polar surface area (TPSA) is 65.0 Å². The highest BCUT2D eigenvalue weighted by atomic mass is 16.9. The lowest BCUT2D eigenvalue weighted by Crippen LogP contribution is -2.46. The molecule has 0 aromatic rings. The van der Waals surface area contributed by atoms with E-state index in [1.807, 2.05) is 6.92 Å². The van der Waals surface area contributed by atoms with Crippen molar-refractivity contribution < 1.29 is 24.1 Å². The van der Waals surface area contributed by atoms with Gasteiger partial charge in [0.05, 0.1) is 13.2 Å². The van der Waals surface area contributed by atoms with Gasteiger partial charge in [-0.15, -0.1) is 0 Å². The molecule has 1 atom stereocenters. The summed E-state index contributed by atoms with van der Waals surface area (Å²) in [7, 11) is 1.24. The Bertz CT molecular complexity index is 159. The normalized spacial score (nSPS) is 15.3. The monoisotopic (exact) mass is 192 g/mol. The molecule has 0 amide bonds. The van der Waals surface area contributed by atoms with Gasteiger partial charge in [0.15, 0.2) is 0 Å². The maximum atomic E-state index is 10.8. The molecule has 5 nitrogen and oxygen atoms in total. The van der Waals surface area contributed by atoms with Gasteiger partial charge < -0.3 is 19.3 Å². The summed E-state index contributed by atoms with van der Waals surface area (Å²) in [4.78, 5) is 10.8. The van der Waals surface area contributed by atoms with E-state index in [4.69, 9.17) is 19.3 Å². The minimum atomic E-state index is -1.94.